The molecular weight excluding hydrogens is 318 g/mol. The zero-order chi connectivity index (χ0) is 17.3. The molecular formula is C20H23NO4. The van der Waals surface area contributed by atoms with E-state index < -0.39 is 0 Å². The fourth-order valence-electron chi connectivity index (χ4n) is 3.01. The Bertz CT molecular complexity index is 734. The van der Waals surface area contributed by atoms with Crippen LogP contribution in [0, 0.1) is 0 Å². The third kappa shape index (κ3) is 3.49. The van der Waals surface area contributed by atoms with Crippen molar-refractivity contribution in [1.29, 1.82) is 0 Å². The highest BCUT2D eigenvalue weighted by molar-refractivity contribution is 5.43. The van der Waals surface area contributed by atoms with Crippen LogP contribution in [-0.4, -0.2) is 20.3 Å². The van der Waals surface area contributed by atoms with Crippen molar-refractivity contribution in [3.05, 3.63) is 59.2 Å². The molecule has 2 fully saturated rings. The molecule has 0 bridgehead atoms. The molecule has 132 valence electrons. The molecule has 1 heterocycles. The number of methoxy groups -OCH3 is 1. The van der Waals surface area contributed by atoms with Gasteiger partial charge in [-0.05, 0) is 48.2 Å². The van der Waals surface area contributed by atoms with Gasteiger partial charge in [0.05, 0.1) is 20.3 Å². The van der Waals surface area contributed by atoms with Gasteiger partial charge in [0.2, 0.25) is 0 Å². The van der Waals surface area contributed by atoms with Gasteiger partial charge >= 0.3 is 0 Å². The van der Waals surface area contributed by atoms with E-state index in [1.807, 2.05) is 36.4 Å². The Kier molecular flexibility index (Phi) is 4.37. The van der Waals surface area contributed by atoms with Crippen LogP contribution in [-0.2, 0) is 21.6 Å². The molecule has 1 aliphatic heterocycles. The molecule has 1 saturated carbocycles. The van der Waals surface area contributed by atoms with E-state index in [2.05, 4.69) is 6.07 Å². The van der Waals surface area contributed by atoms with E-state index in [9.17, 15) is 0 Å². The van der Waals surface area contributed by atoms with Gasteiger partial charge in [-0.2, -0.15) is 0 Å². The van der Waals surface area contributed by atoms with Crippen LogP contribution in [0.3, 0.4) is 0 Å². The summed E-state index contributed by atoms with van der Waals surface area (Å²) in [7, 11) is 1.66. The van der Waals surface area contributed by atoms with Crippen molar-refractivity contribution in [3.63, 3.8) is 0 Å². The van der Waals surface area contributed by atoms with Crippen LogP contribution in [0.15, 0.2) is 42.5 Å². The maximum Gasteiger partial charge on any atom is 0.187 e. The van der Waals surface area contributed by atoms with Gasteiger partial charge in [0.25, 0.3) is 0 Å². The van der Waals surface area contributed by atoms with Crippen LogP contribution in [0.4, 0.5) is 0 Å². The first-order chi connectivity index (χ1) is 12.2. The van der Waals surface area contributed by atoms with Gasteiger partial charge in [-0.15, -0.1) is 0 Å². The lowest BCUT2D eigenvalue weighted by Crippen LogP contribution is -2.19. The topological polar surface area (TPSA) is 62.9 Å². The summed E-state index contributed by atoms with van der Waals surface area (Å²) in [5, 5.41) is 0. The van der Waals surface area contributed by atoms with E-state index >= 15 is 0 Å². The molecule has 2 aliphatic rings. The summed E-state index contributed by atoms with van der Waals surface area (Å²) in [5.41, 5.74) is 9.24. The number of nitrogens with two attached hydrogens (primary N) is 1. The molecule has 1 aliphatic carbocycles. The largest absolute Gasteiger partial charge is 0.497 e. The van der Waals surface area contributed by atoms with Crippen molar-refractivity contribution in [1.82, 2.24) is 0 Å². The smallest absolute Gasteiger partial charge is 0.187 e. The summed E-state index contributed by atoms with van der Waals surface area (Å²) < 4.78 is 22.6. The predicted octanol–water partition coefficient (Wildman–Crippen LogP) is 3.27. The molecule has 0 unspecified atom stereocenters. The van der Waals surface area contributed by atoms with Crippen LogP contribution in [0.2, 0.25) is 0 Å². The van der Waals surface area contributed by atoms with Crippen LogP contribution in [0.1, 0.15) is 35.8 Å². The Morgan fingerprint density at radius 1 is 1.08 bits per heavy atom. The SMILES string of the molecule is COc1ccc(COc2cc(C3(N)CC3)ccc2C2OCCO2)cc1. The minimum Gasteiger partial charge on any atom is -0.497 e. The molecule has 5 nitrogen and oxygen atoms in total. The van der Waals surface area contributed by atoms with Crippen molar-refractivity contribution in [2.24, 2.45) is 5.73 Å². The molecule has 2 aromatic carbocycles. The third-order valence-electron chi connectivity index (χ3n) is 4.81. The van der Waals surface area contributed by atoms with Gasteiger partial charge in [0.1, 0.15) is 18.1 Å². The molecule has 2 aromatic rings. The second-order valence-corrected chi connectivity index (χ2v) is 6.62. The molecule has 25 heavy (non-hydrogen) atoms. The summed E-state index contributed by atoms with van der Waals surface area (Å²) in [6, 6.07) is 14.0. The van der Waals surface area contributed by atoms with Crippen molar-refractivity contribution in [3.8, 4) is 11.5 Å². The van der Waals surface area contributed by atoms with Crippen LogP contribution in [0.25, 0.3) is 0 Å². The lowest BCUT2D eigenvalue weighted by atomic mass is 10.0. The Hall–Kier alpha value is -2.08. The first-order valence-electron chi connectivity index (χ1n) is 8.60. The molecule has 2 N–H and O–H groups in total. The molecule has 5 heteroatoms. The normalized spacial score (nSPS) is 19.0. The minimum absolute atomic E-state index is 0.200. The number of hydrogen-bond acceptors (Lipinski definition) is 5. The number of ether oxygens (including phenoxy) is 4. The van der Waals surface area contributed by atoms with Gasteiger partial charge in [-0.3, -0.25) is 0 Å². The maximum atomic E-state index is 6.35. The molecule has 0 spiro atoms. The predicted molar refractivity (Wildman–Crippen MR) is 93.5 cm³/mol. The van der Waals surface area contributed by atoms with E-state index in [1.165, 1.54) is 0 Å². The lowest BCUT2D eigenvalue weighted by Gasteiger charge is -2.19. The zero-order valence-electron chi connectivity index (χ0n) is 14.4. The standard InChI is InChI=1S/C20H23NO4/c1-22-16-5-2-14(3-6-16)13-25-18-12-15(20(21)8-9-20)4-7-17(18)19-23-10-11-24-19/h2-7,12,19H,8-11,13,21H2,1H3. The highest BCUT2D eigenvalue weighted by Gasteiger charge is 2.40. The fourth-order valence-corrected chi connectivity index (χ4v) is 3.01. The van der Waals surface area contributed by atoms with E-state index in [4.69, 9.17) is 24.7 Å². The number of hydrogen-bond donors (Lipinski definition) is 1. The van der Waals surface area contributed by atoms with E-state index in [1.54, 1.807) is 7.11 Å². The van der Waals surface area contributed by atoms with Gasteiger partial charge in [-0.1, -0.05) is 18.2 Å². The molecule has 0 radical (unpaired) electrons. The van der Waals surface area contributed by atoms with Crippen LogP contribution >= 0.6 is 0 Å². The Morgan fingerprint density at radius 2 is 1.80 bits per heavy atom. The molecule has 0 atom stereocenters. The number of rotatable bonds is 6. The summed E-state index contributed by atoms with van der Waals surface area (Å²) in [4.78, 5) is 0. The lowest BCUT2D eigenvalue weighted by molar-refractivity contribution is -0.0459. The van der Waals surface area contributed by atoms with Crippen molar-refractivity contribution >= 4 is 0 Å². The highest BCUT2D eigenvalue weighted by Crippen LogP contribution is 2.45. The molecule has 0 amide bonds. The second-order valence-electron chi connectivity index (χ2n) is 6.62. The first kappa shape index (κ1) is 16.4. The fraction of sp³-hybridized carbons (Fsp3) is 0.400. The Labute approximate surface area is 147 Å². The molecule has 4 rings (SSSR count). The average molecular weight is 341 g/mol. The molecule has 0 aromatic heterocycles. The monoisotopic (exact) mass is 341 g/mol. The van der Waals surface area contributed by atoms with E-state index in [0.29, 0.717) is 19.8 Å². The Balaban J connectivity index is 1.56. The second kappa shape index (κ2) is 6.67. The van der Waals surface area contributed by atoms with Crippen molar-refractivity contribution in [2.75, 3.05) is 20.3 Å². The van der Waals surface area contributed by atoms with Gasteiger partial charge < -0.3 is 24.7 Å². The first-order valence-corrected chi connectivity index (χ1v) is 8.60. The summed E-state index contributed by atoms with van der Waals surface area (Å²) in [5.74, 6) is 1.61. The highest BCUT2D eigenvalue weighted by atomic mass is 16.7. The average Bonchev–Trinajstić information content (AvgIpc) is 3.18. The quantitative estimate of drug-likeness (QED) is 0.874. The zero-order valence-corrected chi connectivity index (χ0v) is 14.4. The Morgan fingerprint density at radius 3 is 2.44 bits per heavy atom. The summed E-state index contributed by atoms with van der Waals surface area (Å²) >= 11 is 0. The van der Waals surface area contributed by atoms with Gasteiger partial charge in [0.15, 0.2) is 6.29 Å². The van der Waals surface area contributed by atoms with Crippen LogP contribution < -0.4 is 15.2 Å². The van der Waals surface area contributed by atoms with Gasteiger partial charge in [0, 0.05) is 11.1 Å². The van der Waals surface area contributed by atoms with E-state index in [-0.39, 0.29) is 11.8 Å². The maximum absolute atomic E-state index is 6.35. The minimum atomic E-state index is -0.368. The van der Waals surface area contributed by atoms with Crippen molar-refractivity contribution in [2.45, 2.75) is 31.3 Å². The third-order valence-corrected chi connectivity index (χ3v) is 4.81. The van der Waals surface area contributed by atoms with E-state index in [0.717, 1.165) is 41.0 Å². The van der Waals surface area contributed by atoms with Crippen molar-refractivity contribution < 1.29 is 18.9 Å². The van der Waals surface area contributed by atoms with Gasteiger partial charge in [-0.25, -0.2) is 0 Å². The summed E-state index contributed by atoms with van der Waals surface area (Å²) in [6.45, 7) is 1.67. The van der Waals surface area contributed by atoms with Crippen LogP contribution in [0.5, 0.6) is 11.5 Å². The molecule has 1 saturated heterocycles. The summed E-state index contributed by atoms with van der Waals surface area (Å²) in [6.07, 6.45) is 1.66. The number of benzene rings is 2.